The first-order chi connectivity index (χ1) is 8.50. The molecule has 1 aromatic rings. The highest BCUT2D eigenvalue weighted by atomic mass is 35.5. The average Bonchev–Trinajstić information content (AvgIpc) is 2.33. The highest BCUT2D eigenvalue weighted by Gasteiger charge is 2.27. The number of anilines is 2. The zero-order valence-corrected chi connectivity index (χ0v) is 11.2. The fraction of sp³-hybridized carbons (Fsp3) is 0.538. The molecule has 0 radical (unpaired) electrons. The minimum absolute atomic E-state index is 0.0512. The molecular weight excluding hydrogens is 255 g/mol. The molecule has 3 N–H and O–H groups in total. The molecule has 1 aliphatic rings. The van der Waals surface area contributed by atoms with E-state index in [2.05, 4.69) is 12.2 Å². The van der Waals surface area contributed by atoms with Crippen molar-refractivity contribution in [1.82, 2.24) is 0 Å². The lowest BCUT2D eigenvalue weighted by Crippen LogP contribution is -2.33. The van der Waals surface area contributed by atoms with Crippen molar-refractivity contribution in [2.24, 2.45) is 5.41 Å². The molecule has 18 heavy (non-hydrogen) atoms. The van der Waals surface area contributed by atoms with Crippen LogP contribution in [0.1, 0.15) is 19.8 Å². The number of ether oxygens (including phenoxy) is 1. The van der Waals surface area contributed by atoms with E-state index in [0.29, 0.717) is 11.4 Å². The third-order valence-electron chi connectivity index (χ3n) is 3.50. The molecule has 0 saturated carbocycles. The van der Waals surface area contributed by atoms with Gasteiger partial charge >= 0.3 is 0 Å². The van der Waals surface area contributed by atoms with E-state index in [4.69, 9.17) is 22.1 Å². The van der Waals surface area contributed by atoms with Crippen LogP contribution >= 0.6 is 11.6 Å². The van der Waals surface area contributed by atoms with Crippen LogP contribution in [0.5, 0.6) is 0 Å². The summed E-state index contributed by atoms with van der Waals surface area (Å²) in [7, 11) is 0. The quantitative estimate of drug-likeness (QED) is 0.830. The highest BCUT2D eigenvalue weighted by Crippen LogP contribution is 2.32. The number of nitrogen functional groups attached to an aromatic ring is 1. The number of nitrogens with one attached hydrogen (secondary N) is 1. The van der Waals surface area contributed by atoms with E-state index in [0.717, 1.165) is 32.6 Å². The monoisotopic (exact) mass is 272 g/mol. The molecule has 3 nitrogen and oxygen atoms in total. The summed E-state index contributed by atoms with van der Waals surface area (Å²) < 4.78 is 18.7. The molecule has 2 rings (SSSR count). The van der Waals surface area contributed by atoms with Gasteiger partial charge in [0.15, 0.2) is 0 Å². The molecule has 1 aliphatic heterocycles. The topological polar surface area (TPSA) is 47.3 Å². The molecule has 0 bridgehead atoms. The van der Waals surface area contributed by atoms with E-state index in [9.17, 15) is 4.39 Å². The van der Waals surface area contributed by atoms with Crippen molar-refractivity contribution in [3.05, 3.63) is 23.0 Å². The number of hydrogen-bond donors (Lipinski definition) is 2. The molecule has 1 aromatic carbocycles. The SMILES string of the molecule is CC1(CNc2cc(F)c(Cl)cc2N)CCOCC1. The van der Waals surface area contributed by atoms with Crippen LogP contribution < -0.4 is 11.1 Å². The summed E-state index contributed by atoms with van der Waals surface area (Å²) in [6, 6.07) is 2.78. The molecule has 100 valence electrons. The van der Waals surface area contributed by atoms with Gasteiger partial charge in [-0.2, -0.15) is 0 Å². The van der Waals surface area contributed by atoms with Gasteiger partial charge in [-0.25, -0.2) is 4.39 Å². The van der Waals surface area contributed by atoms with Gasteiger partial charge in [-0.05, 0) is 24.3 Å². The summed E-state index contributed by atoms with van der Waals surface area (Å²) in [5, 5.41) is 3.26. The predicted molar refractivity (Wildman–Crippen MR) is 72.5 cm³/mol. The Morgan fingerprint density at radius 2 is 2.11 bits per heavy atom. The van der Waals surface area contributed by atoms with Gasteiger partial charge in [0.25, 0.3) is 0 Å². The Balaban J connectivity index is 2.03. The van der Waals surface area contributed by atoms with Crippen molar-refractivity contribution in [3.8, 4) is 0 Å². The summed E-state index contributed by atoms with van der Waals surface area (Å²) in [6.07, 6.45) is 1.99. The van der Waals surface area contributed by atoms with Crippen molar-refractivity contribution in [3.63, 3.8) is 0 Å². The Labute approximate surface area is 111 Å². The van der Waals surface area contributed by atoms with Crippen molar-refractivity contribution < 1.29 is 9.13 Å². The predicted octanol–water partition coefficient (Wildman–Crippen LogP) is 3.29. The Kier molecular flexibility index (Phi) is 3.97. The maximum absolute atomic E-state index is 13.4. The van der Waals surface area contributed by atoms with Crippen LogP contribution in [0.15, 0.2) is 12.1 Å². The van der Waals surface area contributed by atoms with Crippen LogP contribution in [0.3, 0.4) is 0 Å². The van der Waals surface area contributed by atoms with Crippen LogP contribution in [-0.4, -0.2) is 19.8 Å². The van der Waals surface area contributed by atoms with Crippen molar-refractivity contribution in [2.45, 2.75) is 19.8 Å². The van der Waals surface area contributed by atoms with E-state index in [1.807, 2.05) is 0 Å². The van der Waals surface area contributed by atoms with E-state index in [-0.39, 0.29) is 10.4 Å². The molecule has 0 amide bonds. The van der Waals surface area contributed by atoms with Crippen LogP contribution in [0, 0.1) is 11.2 Å². The summed E-state index contributed by atoms with van der Waals surface area (Å²) in [5.41, 5.74) is 7.05. The van der Waals surface area contributed by atoms with Gasteiger partial charge < -0.3 is 15.8 Å². The van der Waals surface area contributed by atoms with E-state index in [1.165, 1.54) is 12.1 Å². The molecule has 0 aliphatic carbocycles. The molecular formula is C13H18ClFN2O. The Bertz CT molecular complexity index is 433. The first-order valence-electron chi connectivity index (χ1n) is 6.06. The molecule has 0 aromatic heterocycles. The minimum atomic E-state index is -0.453. The zero-order valence-electron chi connectivity index (χ0n) is 10.4. The van der Waals surface area contributed by atoms with Gasteiger partial charge in [-0.15, -0.1) is 0 Å². The van der Waals surface area contributed by atoms with Crippen molar-refractivity contribution >= 4 is 23.0 Å². The Morgan fingerprint density at radius 3 is 2.78 bits per heavy atom. The number of halogens is 2. The third kappa shape index (κ3) is 3.06. The summed E-state index contributed by atoms with van der Waals surface area (Å²) in [4.78, 5) is 0. The second-order valence-corrected chi connectivity index (χ2v) is 5.54. The van der Waals surface area contributed by atoms with Crippen LogP contribution in [-0.2, 0) is 4.74 Å². The molecule has 0 unspecified atom stereocenters. The van der Waals surface area contributed by atoms with Crippen LogP contribution in [0.2, 0.25) is 5.02 Å². The number of rotatable bonds is 3. The van der Waals surface area contributed by atoms with Gasteiger partial charge in [0.1, 0.15) is 5.82 Å². The lowest BCUT2D eigenvalue weighted by atomic mass is 9.82. The Hall–Kier alpha value is -1.00. The van der Waals surface area contributed by atoms with Crippen LogP contribution in [0.4, 0.5) is 15.8 Å². The van der Waals surface area contributed by atoms with E-state index in [1.54, 1.807) is 0 Å². The van der Waals surface area contributed by atoms with Gasteiger partial charge in [0.2, 0.25) is 0 Å². The summed E-state index contributed by atoms with van der Waals surface area (Å²) >= 11 is 5.66. The standard InChI is InChI=1S/C13H18ClFN2O/c1-13(2-4-18-5-3-13)8-17-12-7-10(15)9(14)6-11(12)16/h6-7,17H,2-5,8,16H2,1H3. The summed E-state index contributed by atoms with van der Waals surface area (Å²) in [5.74, 6) is -0.453. The maximum atomic E-state index is 13.4. The minimum Gasteiger partial charge on any atom is -0.397 e. The average molecular weight is 273 g/mol. The van der Waals surface area contributed by atoms with Gasteiger partial charge in [0, 0.05) is 25.8 Å². The normalized spacial score (nSPS) is 18.6. The van der Waals surface area contributed by atoms with Crippen LogP contribution in [0.25, 0.3) is 0 Å². The maximum Gasteiger partial charge on any atom is 0.143 e. The number of benzene rings is 1. The first-order valence-corrected chi connectivity index (χ1v) is 6.44. The smallest absolute Gasteiger partial charge is 0.143 e. The third-order valence-corrected chi connectivity index (χ3v) is 3.79. The fourth-order valence-corrected chi connectivity index (χ4v) is 2.24. The second kappa shape index (κ2) is 5.33. The van der Waals surface area contributed by atoms with Crippen molar-refractivity contribution in [2.75, 3.05) is 30.8 Å². The highest BCUT2D eigenvalue weighted by molar-refractivity contribution is 6.31. The molecule has 0 atom stereocenters. The first kappa shape index (κ1) is 13.4. The molecule has 5 heteroatoms. The largest absolute Gasteiger partial charge is 0.397 e. The van der Waals surface area contributed by atoms with E-state index >= 15 is 0 Å². The molecule has 0 spiro atoms. The number of hydrogen-bond acceptors (Lipinski definition) is 3. The molecule has 1 heterocycles. The molecule has 1 saturated heterocycles. The molecule has 1 fully saturated rings. The van der Waals surface area contributed by atoms with Crippen molar-refractivity contribution in [1.29, 1.82) is 0 Å². The van der Waals surface area contributed by atoms with E-state index < -0.39 is 5.82 Å². The van der Waals surface area contributed by atoms with Gasteiger partial charge in [-0.1, -0.05) is 18.5 Å². The Morgan fingerprint density at radius 1 is 1.44 bits per heavy atom. The number of nitrogens with two attached hydrogens (primary N) is 1. The second-order valence-electron chi connectivity index (χ2n) is 5.13. The zero-order chi connectivity index (χ0) is 13.2. The lowest BCUT2D eigenvalue weighted by Gasteiger charge is -2.34. The summed E-state index contributed by atoms with van der Waals surface area (Å²) in [6.45, 7) is 4.51. The fourth-order valence-electron chi connectivity index (χ4n) is 2.06. The lowest BCUT2D eigenvalue weighted by molar-refractivity contribution is 0.0300. The van der Waals surface area contributed by atoms with Gasteiger partial charge in [-0.3, -0.25) is 0 Å². The van der Waals surface area contributed by atoms with Gasteiger partial charge in [0.05, 0.1) is 16.4 Å².